The predicted octanol–water partition coefficient (Wildman–Crippen LogP) is 2.71. The summed E-state index contributed by atoms with van der Waals surface area (Å²) in [5.41, 5.74) is 1.10. The van der Waals surface area contributed by atoms with E-state index in [2.05, 4.69) is 40.4 Å². The molecule has 0 aliphatic carbocycles. The number of benzene rings is 1. The Hall–Kier alpha value is -1.07. The van der Waals surface area contributed by atoms with Gasteiger partial charge in [-0.15, -0.1) is 0 Å². The molecular weight excluding hydrogens is 320 g/mol. The molecular formula is C15H23BrN2O2. The molecule has 0 radical (unpaired) electrons. The van der Waals surface area contributed by atoms with Gasteiger partial charge in [0.2, 0.25) is 5.91 Å². The van der Waals surface area contributed by atoms with Gasteiger partial charge in [-0.05, 0) is 46.5 Å². The summed E-state index contributed by atoms with van der Waals surface area (Å²) in [4.78, 5) is 11.8. The maximum absolute atomic E-state index is 11.8. The number of rotatable bonds is 7. The Balaban J connectivity index is 2.46. The first-order valence-corrected chi connectivity index (χ1v) is 7.56. The van der Waals surface area contributed by atoms with Crippen molar-refractivity contribution in [1.82, 2.24) is 10.6 Å². The van der Waals surface area contributed by atoms with E-state index in [0.29, 0.717) is 19.0 Å². The van der Waals surface area contributed by atoms with Crippen LogP contribution in [0.3, 0.4) is 0 Å². The third-order valence-corrected chi connectivity index (χ3v) is 3.53. The van der Waals surface area contributed by atoms with Crippen molar-refractivity contribution in [3.8, 4) is 5.75 Å². The van der Waals surface area contributed by atoms with Crippen molar-refractivity contribution in [1.29, 1.82) is 0 Å². The van der Waals surface area contributed by atoms with Crippen LogP contribution in [0.5, 0.6) is 5.75 Å². The minimum atomic E-state index is -0.213. The molecule has 5 heteroatoms. The van der Waals surface area contributed by atoms with E-state index in [4.69, 9.17) is 4.74 Å². The average Bonchev–Trinajstić information content (AvgIpc) is 2.42. The fourth-order valence-electron chi connectivity index (χ4n) is 1.64. The van der Waals surface area contributed by atoms with Crippen molar-refractivity contribution < 1.29 is 9.53 Å². The molecule has 0 heterocycles. The highest BCUT2D eigenvalue weighted by atomic mass is 79.9. The molecule has 0 bridgehead atoms. The number of ether oxygens (including phenoxy) is 1. The molecule has 20 heavy (non-hydrogen) atoms. The van der Waals surface area contributed by atoms with Gasteiger partial charge < -0.3 is 15.4 Å². The number of nitrogens with one attached hydrogen (secondary N) is 2. The van der Waals surface area contributed by atoms with E-state index < -0.39 is 0 Å². The summed E-state index contributed by atoms with van der Waals surface area (Å²) in [5.74, 6) is 1.30. The highest BCUT2D eigenvalue weighted by Gasteiger charge is 2.12. The van der Waals surface area contributed by atoms with Crippen LogP contribution < -0.4 is 15.4 Å². The average molecular weight is 343 g/mol. The second kappa shape index (κ2) is 8.27. The Kier molecular flexibility index (Phi) is 7.02. The zero-order valence-corrected chi connectivity index (χ0v) is 14.1. The summed E-state index contributed by atoms with van der Waals surface area (Å²) >= 11 is 3.45. The van der Waals surface area contributed by atoms with Gasteiger partial charge in [0, 0.05) is 13.1 Å². The van der Waals surface area contributed by atoms with Gasteiger partial charge in [-0.1, -0.05) is 19.9 Å². The highest BCUT2D eigenvalue weighted by molar-refractivity contribution is 9.10. The molecule has 2 N–H and O–H groups in total. The van der Waals surface area contributed by atoms with E-state index in [1.807, 2.05) is 25.1 Å². The van der Waals surface area contributed by atoms with Crippen molar-refractivity contribution in [2.24, 2.45) is 5.92 Å². The monoisotopic (exact) mass is 342 g/mol. The van der Waals surface area contributed by atoms with Crippen LogP contribution in [0.25, 0.3) is 0 Å². The SMILES string of the molecule is COc1ccc(CNC(C)C(=O)NCC(C)C)cc1Br. The van der Waals surface area contributed by atoms with Gasteiger partial charge in [-0.2, -0.15) is 0 Å². The first-order valence-electron chi connectivity index (χ1n) is 6.77. The van der Waals surface area contributed by atoms with Gasteiger partial charge in [0.1, 0.15) is 5.75 Å². The topological polar surface area (TPSA) is 50.4 Å². The number of methoxy groups -OCH3 is 1. The lowest BCUT2D eigenvalue weighted by atomic mass is 10.2. The summed E-state index contributed by atoms with van der Waals surface area (Å²) in [6, 6.07) is 5.67. The van der Waals surface area contributed by atoms with Crippen LogP contribution in [-0.2, 0) is 11.3 Å². The summed E-state index contributed by atoms with van der Waals surface area (Å²) in [5, 5.41) is 6.13. The number of amides is 1. The first kappa shape index (κ1) is 17.0. The molecule has 1 rings (SSSR count). The molecule has 0 aliphatic heterocycles. The van der Waals surface area contributed by atoms with Crippen LogP contribution in [0.2, 0.25) is 0 Å². The number of carbonyl (C=O) groups is 1. The summed E-state index contributed by atoms with van der Waals surface area (Å²) in [6.45, 7) is 7.37. The maximum Gasteiger partial charge on any atom is 0.236 e. The lowest BCUT2D eigenvalue weighted by Crippen LogP contribution is -2.42. The zero-order valence-electron chi connectivity index (χ0n) is 12.5. The highest BCUT2D eigenvalue weighted by Crippen LogP contribution is 2.25. The van der Waals surface area contributed by atoms with Crippen molar-refractivity contribution in [3.05, 3.63) is 28.2 Å². The number of carbonyl (C=O) groups excluding carboxylic acids is 1. The van der Waals surface area contributed by atoms with Crippen molar-refractivity contribution in [3.63, 3.8) is 0 Å². The standard InChI is InChI=1S/C15H23BrN2O2/c1-10(2)8-18-15(19)11(3)17-9-12-5-6-14(20-4)13(16)7-12/h5-7,10-11,17H,8-9H2,1-4H3,(H,18,19). The zero-order chi connectivity index (χ0) is 15.1. The Morgan fingerprint density at radius 1 is 1.35 bits per heavy atom. The van der Waals surface area contributed by atoms with Crippen molar-refractivity contribution in [2.45, 2.75) is 33.4 Å². The fourth-order valence-corrected chi connectivity index (χ4v) is 2.23. The molecule has 1 unspecified atom stereocenters. The predicted molar refractivity (Wildman–Crippen MR) is 84.8 cm³/mol. The van der Waals surface area contributed by atoms with Gasteiger partial charge in [0.05, 0.1) is 17.6 Å². The maximum atomic E-state index is 11.8. The largest absolute Gasteiger partial charge is 0.496 e. The van der Waals surface area contributed by atoms with Crippen LogP contribution in [-0.4, -0.2) is 25.6 Å². The summed E-state index contributed by atoms with van der Waals surface area (Å²) in [7, 11) is 1.64. The molecule has 112 valence electrons. The quantitative estimate of drug-likeness (QED) is 0.800. The minimum Gasteiger partial charge on any atom is -0.496 e. The van der Waals surface area contributed by atoms with Crippen molar-refractivity contribution >= 4 is 21.8 Å². The molecule has 0 fully saturated rings. The molecule has 0 saturated carbocycles. The number of hydrogen-bond acceptors (Lipinski definition) is 3. The van der Waals surface area contributed by atoms with E-state index in [1.165, 1.54) is 0 Å². The van der Waals surface area contributed by atoms with Crippen LogP contribution in [0.1, 0.15) is 26.3 Å². The second-order valence-electron chi connectivity index (χ2n) is 5.21. The molecule has 0 saturated heterocycles. The normalized spacial score (nSPS) is 12.3. The van der Waals surface area contributed by atoms with Crippen molar-refractivity contribution in [2.75, 3.05) is 13.7 Å². The minimum absolute atomic E-state index is 0.0336. The lowest BCUT2D eigenvalue weighted by Gasteiger charge is -2.15. The van der Waals surface area contributed by atoms with E-state index in [1.54, 1.807) is 7.11 Å². The third-order valence-electron chi connectivity index (χ3n) is 2.91. The van der Waals surface area contributed by atoms with Gasteiger partial charge >= 0.3 is 0 Å². The summed E-state index contributed by atoms with van der Waals surface area (Å²) in [6.07, 6.45) is 0. The van der Waals surface area contributed by atoms with E-state index in [9.17, 15) is 4.79 Å². The molecule has 1 aromatic carbocycles. The third kappa shape index (κ3) is 5.51. The van der Waals surface area contributed by atoms with E-state index in [-0.39, 0.29) is 11.9 Å². The fraction of sp³-hybridized carbons (Fsp3) is 0.533. The van der Waals surface area contributed by atoms with Crippen LogP contribution >= 0.6 is 15.9 Å². The second-order valence-corrected chi connectivity index (χ2v) is 6.06. The Morgan fingerprint density at radius 2 is 2.05 bits per heavy atom. The Labute approximate surface area is 129 Å². The smallest absolute Gasteiger partial charge is 0.236 e. The van der Waals surface area contributed by atoms with E-state index in [0.717, 1.165) is 15.8 Å². The molecule has 1 atom stereocenters. The van der Waals surface area contributed by atoms with Crippen LogP contribution in [0, 0.1) is 5.92 Å². The van der Waals surface area contributed by atoms with Crippen LogP contribution in [0.15, 0.2) is 22.7 Å². The lowest BCUT2D eigenvalue weighted by molar-refractivity contribution is -0.122. The molecule has 0 aliphatic rings. The molecule has 0 spiro atoms. The first-order chi connectivity index (χ1) is 9.43. The Morgan fingerprint density at radius 3 is 2.60 bits per heavy atom. The number of halogens is 1. The Bertz CT molecular complexity index is 449. The number of hydrogen-bond donors (Lipinski definition) is 2. The van der Waals surface area contributed by atoms with Gasteiger partial charge in [0.15, 0.2) is 0 Å². The summed E-state index contributed by atoms with van der Waals surface area (Å²) < 4.78 is 6.10. The molecule has 1 aromatic rings. The molecule has 1 amide bonds. The van der Waals surface area contributed by atoms with Gasteiger partial charge in [0.25, 0.3) is 0 Å². The van der Waals surface area contributed by atoms with E-state index >= 15 is 0 Å². The van der Waals surface area contributed by atoms with Crippen LogP contribution in [0.4, 0.5) is 0 Å². The molecule has 4 nitrogen and oxygen atoms in total. The van der Waals surface area contributed by atoms with Gasteiger partial charge in [-0.25, -0.2) is 0 Å². The van der Waals surface area contributed by atoms with Gasteiger partial charge in [-0.3, -0.25) is 4.79 Å². The molecule has 0 aromatic heterocycles.